The molecule has 0 aliphatic heterocycles. The van der Waals surface area contributed by atoms with Gasteiger partial charge in [-0.2, -0.15) is 0 Å². The number of amides is 2. The van der Waals surface area contributed by atoms with Crippen molar-refractivity contribution in [3.05, 3.63) is 100 Å². The van der Waals surface area contributed by atoms with Crippen LogP contribution in [0.5, 0.6) is 0 Å². The molecule has 0 saturated heterocycles. The Morgan fingerprint density at radius 1 is 0.974 bits per heavy atom. The van der Waals surface area contributed by atoms with E-state index < -0.39 is 17.9 Å². The van der Waals surface area contributed by atoms with Gasteiger partial charge in [-0.15, -0.1) is 0 Å². The average molecular weight is 515 g/mol. The van der Waals surface area contributed by atoms with Crippen molar-refractivity contribution in [1.29, 1.82) is 0 Å². The number of urea groups is 1. The Kier molecular flexibility index (Phi) is 8.89. The first-order valence-electron chi connectivity index (χ1n) is 13.4. The Bertz CT molecular complexity index is 1450. The topological polar surface area (TPSA) is 67.2 Å². The van der Waals surface area contributed by atoms with Gasteiger partial charge in [-0.1, -0.05) is 75.1 Å². The molecule has 0 aliphatic rings. The summed E-state index contributed by atoms with van der Waals surface area (Å²) in [5.41, 5.74) is 2.27. The zero-order chi connectivity index (χ0) is 27.1. The van der Waals surface area contributed by atoms with Gasteiger partial charge in [-0.3, -0.25) is 9.36 Å². The third-order valence-electron chi connectivity index (χ3n) is 6.78. The number of anilines is 1. The number of carbonyl (C=O) groups excluding carboxylic acids is 1. The highest BCUT2D eigenvalue weighted by Crippen LogP contribution is 2.28. The number of hydrogen-bond donors (Lipinski definition) is 1. The van der Waals surface area contributed by atoms with Gasteiger partial charge in [0.2, 0.25) is 0 Å². The normalized spacial score (nSPS) is 11.9. The minimum Gasteiger partial charge on any atom is -0.314 e. The molecule has 0 radical (unpaired) electrons. The van der Waals surface area contributed by atoms with Crippen molar-refractivity contribution in [2.75, 3.05) is 11.9 Å². The number of aromatic nitrogens is 2. The lowest BCUT2D eigenvalue weighted by molar-refractivity contribution is 0.179. The summed E-state index contributed by atoms with van der Waals surface area (Å²) >= 11 is 0. The highest BCUT2D eigenvalue weighted by atomic mass is 19.1. The van der Waals surface area contributed by atoms with E-state index in [-0.39, 0.29) is 11.2 Å². The lowest BCUT2D eigenvalue weighted by atomic mass is 10.1. The monoisotopic (exact) mass is 514 g/mol. The second-order valence-corrected chi connectivity index (χ2v) is 9.55. The molecule has 1 atom stereocenters. The lowest BCUT2D eigenvalue weighted by Gasteiger charge is -2.32. The van der Waals surface area contributed by atoms with Crippen LogP contribution in [0.15, 0.2) is 77.6 Å². The van der Waals surface area contributed by atoms with Gasteiger partial charge in [0.05, 0.1) is 28.3 Å². The number of rotatable bonds is 10. The first-order valence-corrected chi connectivity index (χ1v) is 13.4. The van der Waals surface area contributed by atoms with Crippen LogP contribution in [0.4, 0.5) is 14.9 Å². The van der Waals surface area contributed by atoms with Crippen LogP contribution in [-0.4, -0.2) is 27.0 Å². The minimum absolute atomic E-state index is 0.119. The zero-order valence-corrected chi connectivity index (χ0v) is 22.3. The Morgan fingerprint density at radius 2 is 1.68 bits per heavy atom. The number of carbonyl (C=O) groups is 1. The maximum Gasteiger partial charge on any atom is 0.322 e. The maximum atomic E-state index is 14.4. The number of fused-ring (bicyclic) bond motifs is 1. The van der Waals surface area contributed by atoms with Crippen LogP contribution in [0.2, 0.25) is 0 Å². The van der Waals surface area contributed by atoms with E-state index in [1.165, 1.54) is 6.07 Å². The summed E-state index contributed by atoms with van der Waals surface area (Å²) in [5, 5.41) is 3.26. The number of aryl methyl sites for hydroxylation is 1. The molecule has 0 saturated carbocycles. The van der Waals surface area contributed by atoms with Crippen molar-refractivity contribution in [1.82, 2.24) is 14.5 Å². The van der Waals surface area contributed by atoms with Gasteiger partial charge in [0.1, 0.15) is 11.6 Å². The van der Waals surface area contributed by atoms with E-state index in [0.29, 0.717) is 35.4 Å². The molecule has 3 aromatic carbocycles. The molecule has 0 aliphatic carbocycles. The van der Waals surface area contributed by atoms with Crippen molar-refractivity contribution in [3.8, 4) is 5.69 Å². The standard InChI is InChI=1S/C31H35FN4O2/c1-4-6-7-12-21-35(31(38)34-27-16-11-9-14-25(27)32)28(5-2)29-33-26-15-10-8-13-24(26)30(37)36(29)23-19-17-22(3)18-20-23/h8-11,13-20,28H,4-7,12,21H2,1-3H3,(H,34,38). The van der Waals surface area contributed by atoms with Gasteiger partial charge in [0, 0.05) is 6.54 Å². The Hall–Kier alpha value is -4.00. The van der Waals surface area contributed by atoms with Gasteiger partial charge in [-0.05, 0) is 56.2 Å². The molecule has 0 fully saturated rings. The summed E-state index contributed by atoms with van der Waals surface area (Å²) in [5.74, 6) is -0.0144. The summed E-state index contributed by atoms with van der Waals surface area (Å²) in [7, 11) is 0. The maximum absolute atomic E-state index is 14.4. The highest BCUT2D eigenvalue weighted by molar-refractivity contribution is 5.89. The van der Waals surface area contributed by atoms with Crippen LogP contribution >= 0.6 is 0 Å². The third-order valence-corrected chi connectivity index (χ3v) is 6.78. The van der Waals surface area contributed by atoms with Gasteiger partial charge >= 0.3 is 6.03 Å². The van der Waals surface area contributed by atoms with E-state index in [4.69, 9.17) is 4.98 Å². The molecule has 198 valence electrons. The van der Waals surface area contributed by atoms with Gasteiger partial charge in [0.25, 0.3) is 5.56 Å². The van der Waals surface area contributed by atoms with E-state index in [2.05, 4.69) is 12.2 Å². The van der Waals surface area contributed by atoms with Crippen LogP contribution in [0, 0.1) is 12.7 Å². The van der Waals surface area contributed by atoms with Crippen molar-refractivity contribution in [2.24, 2.45) is 0 Å². The van der Waals surface area contributed by atoms with Crippen LogP contribution in [-0.2, 0) is 0 Å². The number of nitrogens with one attached hydrogen (secondary N) is 1. The minimum atomic E-state index is -0.512. The van der Waals surface area contributed by atoms with Gasteiger partial charge in [0.15, 0.2) is 0 Å². The lowest BCUT2D eigenvalue weighted by Crippen LogP contribution is -2.41. The average Bonchev–Trinajstić information content (AvgIpc) is 2.92. The van der Waals surface area contributed by atoms with E-state index in [1.807, 2.05) is 56.3 Å². The molecular formula is C31H35FN4O2. The van der Waals surface area contributed by atoms with E-state index in [9.17, 15) is 14.0 Å². The largest absolute Gasteiger partial charge is 0.322 e. The fraction of sp³-hybridized carbons (Fsp3) is 0.323. The molecule has 4 rings (SSSR count). The fourth-order valence-electron chi connectivity index (χ4n) is 4.72. The van der Waals surface area contributed by atoms with E-state index in [0.717, 1.165) is 31.2 Å². The fourth-order valence-corrected chi connectivity index (χ4v) is 4.72. The molecule has 1 unspecified atom stereocenters. The van der Waals surface area contributed by atoms with Gasteiger partial charge in [-0.25, -0.2) is 14.2 Å². The summed E-state index contributed by atoms with van der Waals surface area (Å²) in [6.45, 7) is 6.55. The summed E-state index contributed by atoms with van der Waals surface area (Å²) in [6, 6.07) is 20.2. The van der Waals surface area contributed by atoms with Crippen molar-refractivity contribution in [3.63, 3.8) is 0 Å². The van der Waals surface area contributed by atoms with Crippen molar-refractivity contribution >= 4 is 22.6 Å². The number of hydrogen-bond acceptors (Lipinski definition) is 3. The molecule has 4 aromatic rings. The molecular weight excluding hydrogens is 479 g/mol. The number of halogens is 1. The first kappa shape index (κ1) is 27.0. The summed E-state index contributed by atoms with van der Waals surface area (Å²) in [4.78, 5) is 34.2. The number of unbranched alkanes of at least 4 members (excludes halogenated alkanes) is 3. The Morgan fingerprint density at radius 3 is 2.39 bits per heavy atom. The second kappa shape index (κ2) is 12.5. The highest BCUT2D eigenvalue weighted by Gasteiger charge is 2.29. The molecule has 0 bridgehead atoms. The molecule has 6 nitrogen and oxygen atoms in total. The van der Waals surface area contributed by atoms with E-state index in [1.54, 1.807) is 33.7 Å². The summed E-state index contributed by atoms with van der Waals surface area (Å²) in [6.07, 6.45) is 4.40. The predicted molar refractivity (Wildman–Crippen MR) is 151 cm³/mol. The first-order chi connectivity index (χ1) is 18.4. The Balaban J connectivity index is 1.84. The molecule has 0 spiro atoms. The SMILES string of the molecule is CCCCCCN(C(=O)Nc1ccccc1F)C(CC)c1nc2ccccc2c(=O)n1-c1ccc(C)cc1. The number of nitrogens with zero attached hydrogens (tertiary/aromatic N) is 3. The number of benzene rings is 3. The van der Waals surface area contributed by atoms with Crippen LogP contribution in [0.3, 0.4) is 0 Å². The molecule has 2 amide bonds. The summed E-state index contributed by atoms with van der Waals surface area (Å²) < 4.78 is 16.0. The second-order valence-electron chi connectivity index (χ2n) is 9.55. The molecule has 1 N–H and O–H groups in total. The molecule has 1 aromatic heterocycles. The Labute approximate surface area is 223 Å². The van der Waals surface area contributed by atoms with Gasteiger partial charge < -0.3 is 10.2 Å². The van der Waals surface area contributed by atoms with Crippen LogP contribution < -0.4 is 10.9 Å². The van der Waals surface area contributed by atoms with Crippen LogP contribution in [0.25, 0.3) is 16.6 Å². The molecule has 1 heterocycles. The van der Waals surface area contributed by atoms with Crippen molar-refractivity contribution < 1.29 is 9.18 Å². The van der Waals surface area contributed by atoms with Crippen molar-refractivity contribution in [2.45, 2.75) is 58.9 Å². The molecule has 7 heteroatoms. The quantitative estimate of drug-likeness (QED) is 0.224. The third kappa shape index (κ3) is 5.93. The van der Waals surface area contributed by atoms with E-state index >= 15 is 0 Å². The predicted octanol–water partition coefficient (Wildman–Crippen LogP) is 7.40. The smallest absolute Gasteiger partial charge is 0.314 e. The van der Waals surface area contributed by atoms with Crippen LogP contribution in [0.1, 0.15) is 63.4 Å². The zero-order valence-electron chi connectivity index (χ0n) is 22.3. The number of para-hydroxylation sites is 2. The molecule has 38 heavy (non-hydrogen) atoms.